The number of carbonyl (C=O) groups excluding carboxylic acids is 1. The zero-order chi connectivity index (χ0) is 13.9. The maximum Gasteiger partial charge on any atom is 0.246 e. The molecule has 2 aliphatic heterocycles. The van der Waals surface area contributed by atoms with E-state index in [4.69, 9.17) is 4.74 Å². The van der Waals surface area contributed by atoms with E-state index in [0.717, 1.165) is 43.7 Å². The molecule has 0 spiro atoms. The number of hydrogen-bond donors (Lipinski definition) is 1. The van der Waals surface area contributed by atoms with Gasteiger partial charge in [-0.15, -0.1) is 0 Å². The van der Waals surface area contributed by atoms with Crippen LogP contribution in [0.15, 0.2) is 24.3 Å². The van der Waals surface area contributed by atoms with Crippen molar-refractivity contribution in [1.29, 1.82) is 0 Å². The number of fused-ring (bicyclic) bond motifs is 1. The monoisotopic (exact) mass is 273 g/mol. The summed E-state index contributed by atoms with van der Waals surface area (Å²) in [5, 5.41) is 9.24. The van der Waals surface area contributed by atoms with E-state index in [1.165, 1.54) is 5.56 Å². The summed E-state index contributed by atoms with van der Waals surface area (Å²) >= 11 is 0. The molecule has 1 atom stereocenters. The Morgan fingerprint density at radius 3 is 3.25 bits per heavy atom. The summed E-state index contributed by atoms with van der Waals surface area (Å²) in [6.07, 6.45) is 6.25. The molecule has 0 bridgehead atoms. The molecule has 1 fully saturated rings. The number of carbonyl (C=O) groups is 1. The second kappa shape index (κ2) is 5.67. The second-order valence-electron chi connectivity index (χ2n) is 5.31. The SMILES string of the molecule is O=C(C=Cc1ccc2c(c1)CCO2)N1CCC[C@@H]1CO. The van der Waals surface area contributed by atoms with Crippen molar-refractivity contribution in [2.45, 2.75) is 25.3 Å². The van der Waals surface area contributed by atoms with Crippen LogP contribution in [0.4, 0.5) is 0 Å². The number of nitrogens with zero attached hydrogens (tertiary/aromatic N) is 1. The van der Waals surface area contributed by atoms with Crippen molar-refractivity contribution in [2.75, 3.05) is 19.8 Å². The first-order chi connectivity index (χ1) is 9.78. The molecule has 0 aliphatic carbocycles. The summed E-state index contributed by atoms with van der Waals surface area (Å²) in [5.74, 6) is 0.937. The van der Waals surface area contributed by atoms with E-state index >= 15 is 0 Å². The molecule has 1 saturated heterocycles. The molecule has 3 rings (SSSR count). The molecule has 0 unspecified atom stereocenters. The van der Waals surface area contributed by atoms with Crippen molar-refractivity contribution in [3.05, 3.63) is 35.4 Å². The molecule has 106 valence electrons. The van der Waals surface area contributed by atoms with Gasteiger partial charge in [0, 0.05) is 19.0 Å². The van der Waals surface area contributed by atoms with Gasteiger partial charge < -0.3 is 14.7 Å². The largest absolute Gasteiger partial charge is 0.493 e. The van der Waals surface area contributed by atoms with Crippen LogP contribution in [0.2, 0.25) is 0 Å². The third kappa shape index (κ3) is 2.56. The van der Waals surface area contributed by atoms with Gasteiger partial charge in [-0.3, -0.25) is 4.79 Å². The first-order valence-corrected chi connectivity index (χ1v) is 7.13. The van der Waals surface area contributed by atoms with Crippen molar-refractivity contribution >= 4 is 12.0 Å². The topological polar surface area (TPSA) is 49.8 Å². The molecule has 2 aliphatic rings. The van der Waals surface area contributed by atoms with Crippen LogP contribution in [-0.2, 0) is 11.2 Å². The van der Waals surface area contributed by atoms with Crippen molar-refractivity contribution in [3.8, 4) is 5.75 Å². The maximum absolute atomic E-state index is 12.1. The summed E-state index contributed by atoms with van der Waals surface area (Å²) in [4.78, 5) is 13.9. The fourth-order valence-corrected chi connectivity index (χ4v) is 2.89. The Bertz CT molecular complexity index is 539. The number of rotatable bonds is 3. The third-order valence-electron chi connectivity index (χ3n) is 4.00. The fourth-order valence-electron chi connectivity index (χ4n) is 2.89. The van der Waals surface area contributed by atoms with E-state index in [-0.39, 0.29) is 18.6 Å². The van der Waals surface area contributed by atoms with E-state index < -0.39 is 0 Å². The molecule has 1 amide bonds. The van der Waals surface area contributed by atoms with E-state index in [9.17, 15) is 9.90 Å². The normalized spacial score (nSPS) is 21.2. The van der Waals surface area contributed by atoms with Crippen LogP contribution in [-0.4, -0.2) is 41.7 Å². The summed E-state index contributed by atoms with van der Waals surface area (Å²) < 4.78 is 5.46. The van der Waals surface area contributed by atoms with Crippen LogP contribution in [0.3, 0.4) is 0 Å². The molecule has 0 radical (unpaired) electrons. The summed E-state index contributed by atoms with van der Waals surface area (Å²) in [5.41, 5.74) is 2.22. The van der Waals surface area contributed by atoms with Gasteiger partial charge in [0.15, 0.2) is 0 Å². The molecule has 2 heterocycles. The molecule has 0 aromatic heterocycles. The summed E-state index contributed by atoms with van der Waals surface area (Å²) in [7, 11) is 0. The predicted octanol–water partition coefficient (Wildman–Crippen LogP) is 1.62. The zero-order valence-corrected chi connectivity index (χ0v) is 11.4. The number of aliphatic hydroxyl groups is 1. The minimum Gasteiger partial charge on any atom is -0.493 e. The fraction of sp³-hybridized carbons (Fsp3) is 0.438. The van der Waals surface area contributed by atoms with E-state index in [1.807, 2.05) is 18.2 Å². The Hall–Kier alpha value is -1.81. The summed E-state index contributed by atoms with van der Waals surface area (Å²) in [6.45, 7) is 1.54. The number of likely N-dealkylation sites (tertiary alicyclic amines) is 1. The van der Waals surface area contributed by atoms with Crippen molar-refractivity contribution in [1.82, 2.24) is 4.90 Å². The van der Waals surface area contributed by atoms with Gasteiger partial charge >= 0.3 is 0 Å². The maximum atomic E-state index is 12.1. The van der Waals surface area contributed by atoms with Crippen LogP contribution in [0.25, 0.3) is 6.08 Å². The Balaban J connectivity index is 1.69. The lowest BCUT2D eigenvalue weighted by atomic mass is 10.1. The molecular formula is C16H19NO3. The van der Waals surface area contributed by atoms with Crippen molar-refractivity contribution < 1.29 is 14.6 Å². The standard InChI is InChI=1S/C16H19NO3/c18-11-14-2-1-8-17(14)16(19)6-4-12-3-5-15-13(10-12)7-9-20-15/h3-6,10,14,18H,1-2,7-9,11H2/t14-/m1/s1. The highest BCUT2D eigenvalue weighted by molar-refractivity contribution is 5.92. The van der Waals surface area contributed by atoms with Gasteiger partial charge in [-0.1, -0.05) is 6.07 Å². The minimum atomic E-state index is -0.0155. The van der Waals surface area contributed by atoms with E-state index in [2.05, 4.69) is 6.07 Å². The number of ether oxygens (including phenoxy) is 1. The van der Waals surface area contributed by atoms with Crippen molar-refractivity contribution in [2.24, 2.45) is 0 Å². The Morgan fingerprint density at radius 1 is 1.50 bits per heavy atom. The Labute approximate surface area is 118 Å². The highest BCUT2D eigenvalue weighted by atomic mass is 16.5. The van der Waals surface area contributed by atoms with Crippen LogP contribution in [0.5, 0.6) is 5.75 Å². The van der Waals surface area contributed by atoms with Crippen LogP contribution in [0.1, 0.15) is 24.0 Å². The van der Waals surface area contributed by atoms with E-state index in [0.29, 0.717) is 0 Å². The molecule has 1 aromatic carbocycles. The number of amides is 1. The number of hydrogen-bond acceptors (Lipinski definition) is 3. The molecule has 4 nitrogen and oxygen atoms in total. The predicted molar refractivity (Wildman–Crippen MR) is 76.5 cm³/mol. The zero-order valence-electron chi connectivity index (χ0n) is 11.4. The minimum absolute atomic E-state index is 0.0134. The first kappa shape index (κ1) is 13.2. The van der Waals surface area contributed by atoms with Crippen molar-refractivity contribution in [3.63, 3.8) is 0 Å². The molecular weight excluding hydrogens is 254 g/mol. The van der Waals surface area contributed by atoms with E-state index in [1.54, 1.807) is 11.0 Å². The third-order valence-corrected chi connectivity index (χ3v) is 4.00. The van der Waals surface area contributed by atoms with Gasteiger partial charge in [-0.05, 0) is 42.2 Å². The number of benzene rings is 1. The van der Waals surface area contributed by atoms with Gasteiger partial charge in [-0.25, -0.2) is 0 Å². The molecule has 0 saturated carbocycles. The number of aliphatic hydroxyl groups excluding tert-OH is 1. The highest BCUT2D eigenvalue weighted by Crippen LogP contribution is 2.26. The second-order valence-corrected chi connectivity index (χ2v) is 5.31. The van der Waals surface area contributed by atoms with Gasteiger partial charge in [0.05, 0.1) is 19.3 Å². The smallest absolute Gasteiger partial charge is 0.246 e. The molecule has 1 aromatic rings. The Morgan fingerprint density at radius 2 is 2.40 bits per heavy atom. The van der Waals surface area contributed by atoms with Gasteiger partial charge in [-0.2, -0.15) is 0 Å². The molecule has 1 N–H and O–H groups in total. The van der Waals surface area contributed by atoms with Gasteiger partial charge in [0.2, 0.25) is 5.91 Å². The highest BCUT2D eigenvalue weighted by Gasteiger charge is 2.26. The van der Waals surface area contributed by atoms with Crippen LogP contribution >= 0.6 is 0 Å². The lowest BCUT2D eigenvalue weighted by Gasteiger charge is -2.21. The van der Waals surface area contributed by atoms with Crippen LogP contribution < -0.4 is 4.74 Å². The van der Waals surface area contributed by atoms with Gasteiger partial charge in [0.1, 0.15) is 5.75 Å². The molecule has 4 heteroatoms. The lowest BCUT2D eigenvalue weighted by molar-refractivity contribution is -0.127. The quantitative estimate of drug-likeness (QED) is 0.851. The summed E-state index contributed by atoms with van der Waals surface area (Å²) in [6, 6.07) is 5.97. The molecule has 20 heavy (non-hydrogen) atoms. The lowest BCUT2D eigenvalue weighted by Crippen LogP contribution is -2.36. The first-order valence-electron chi connectivity index (χ1n) is 7.13. The Kier molecular flexibility index (Phi) is 3.74. The average Bonchev–Trinajstić information content (AvgIpc) is 3.12. The average molecular weight is 273 g/mol. The van der Waals surface area contributed by atoms with Gasteiger partial charge in [0.25, 0.3) is 0 Å². The van der Waals surface area contributed by atoms with Crippen LogP contribution in [0, 0.1) is 0 Å².